The van der Waals surface area contributed by atoms with Crippen LogP contribution in [-0.4, -0.2) is 51.1 Å². The van der Waals surface area contributed by atoms with Crippen molar-refractivity contribution in [3.8, 4) is 12.3 Å². The Morgan fingerprint density at radius 3 is 2.87 bits per heavy atom. The molecule has 1 atom stereocenters. The first-order valence-electron chi connectivity index (χ1n) is 8.54. The minimum absolute atomic E-state index is 0.103. The first-order valence-corrected chi connectivity index (χ1v) is 8.54. The number of hydrogen-bond donors (Lipinski definition) is 0. The summed E-state index contributed by atoms with van der Waals surface area (Å²) in [6.45, 7) is 1.80. The Hall–Kier alpha value is -1.87. The van der Waals surface area contributed by atoms with Crippen LogP contribution in [0, 0.1) is 12.3 Å². The lowest BCUT2D eigenvalue weighted by molar-refractivity contribution is 0.0661. The van der Waals surface area contributed by atoms with E-state index in [1.165, 1.54) is 6.42 Å². The van der Waals surface area contributed by atoms with Gasteiger partial charge in [0.05, 0.1) is 25.4 Å². The first kappa shape index (κ1) is 16.0. The van der Waals surface area contributed by atoms with Gasteiger partial charge in [-0.1, -0.05) is 30.4 Å². The number of rotatable bonds is 5. The molecule has 1 aromatic heterocycles. The molecule has 23 heavy (non-hydrogen) atoms. The molecule has 6 heteroatoms. The van der Waals surface area contributed by atoms with Crippen LogP contribution in [0.4, 0.5) is 0 Å². The van der Waals surface area contributed by atoms with Crippen molar-refractivity contribution in [1.29, 1.82) is 0 Å². The predicted molar refractivity (Wildman–Crippen MR) is 85.7 cm³/mol. The van der Waals surface area contributed by atoms with Gasteiger partial charge in [-0.2, -0.15) is 0 Å². The lowest BCUT2D eigenvalue weighted by Gasteiger charge is -2.32. The van der Waals surface area contributed by atoms with E-state index in [-0.39, 0.29) is 18.1 Å². The fourth-order valence-electron chi connectivity index (χ4n) is 3.49. The largest absolute Gasteiger partial charge is 0.376 e. The van der Waals surface area contributed by atoms with Gasteiger partial charge in [-0.15, -0.1) is 11.5 Å². The van der Waals surface area contributed by atoms with Crippen molar-refractivity contribution < 1.29 is 9.53 Å². The highest BCUT2D eigenvalue weighted by molar-refractivity contribution is 5.92. The summed E-state index contributed by atoms with van der Waals surface area (Å²) in [5.74, 6) is 2.51. The van der Waals surface area contributed by atoms with Crippen molar-refractivity contribution in [3.63, 3.8) is 0 Å². The van der Waals surface area contributed by atoms with Gasteiger partial charge in [0, 0.05) is 12.6 Å². The van der Waals surface area contributed by atoms with Crippen molar-refractivity contribution in [2.45, 2.75) is 63.6 Å². The van der Waals surface area contributed by atoms with Gasteiger partial charge in [-0.25, -0.2) is 4.68 Å². The molecule has 0 radical (unpaired) electrons. The molecule has 1 saturated heterocycles. The fraction of sp³-hybridized carbons (Fsp3) is 0.706. The van der Waals surface area contributed by atoms with E-state index in [0.717, 1.165) is 45.1 Å². The number of ether oxygens (including phenoxy) is 1. The maximum Gasteiger partial charge on any atom is 0.277 e. The Morgan fingerprint density at radius 2 is 2.17 bits per heavy atom. The van der Waals surface area contributed by atoms with Crippen LogP contribution < -0.4 is 0 Å². The molecule has 0 aromatic carbocycles. The zero-order valence-corrected chi connectivity index (χ0v) is 13.5. The second-order valence-electron chi connectivity index (χ2n) is 6.39. The molecule has 1 amide bonds. The highest BCUT2D eigenvalue weighted by Gasteiger charge is 2.27. The van der Waals surface area contributed by atoms with Gasteiger partial charge in [0.15, 0.2) is 5.69 Å². The molecule has 0 bridgehead atoms. The van der Waals surface area contributed by atoms with Gasteiger partial charge in [0.2, 0.25) is 0 Å². The Kier molecular flexibility index (Phi) is 5.29. The summed E-state index contributed by atoms with van der Waals surface area (Å²) in [4.78, 5) is 14.6. The van der Waals surface area contributed by atoms with E-state index >= 15 is 0 Å². The Labute approximate surface area is 137 Å². The van der Waals surface area contributed by atoms with Crippen molar-refractivity contribution >= 4 is 5.91 Å². The van der Waals surface area contributed by atoms with Crippen molar-refractivity contribution in [2.75, 3.05) is 13.2 Å². The van der Waals surface area contributed by atoms with Crippen LogP contribution in [0.5, 0.6) is 0 Å². The average molecular weight is 316 g/mol. The van der Waals surface area contributed by atoms with E-state index in [1.54, 1.807) is 15.8 Å². The Balaban J connectivity index is 1.67. The topological polar surface area (TPSA) is 60.2 Å². The summed E-state index contributed by atoms with van der Waals surface area (Å²) in [7, 11) is 0. The maximum atomic E-state index is 12.8. The van der Waals surface area contributed by atoms with Crippen LogP contribution in [0.25, 0.3) is 0 Å². The zero-order chi connectivity index (χ0) is 16.1. The number of hydrogen-bond acceptors (Lipinski definition) is 4. The number of carbonyl (C=O) groups is 1. The van der Waals surface area contributed by atoms with E-state index in [1.807, 2.05) is 0 Å². The second kappa shape index (κ2) is 7.60. The number of terminal acetylenes is 1. The Morgan fingerprint density at radius 1 is 1.35 bits per heavy atom. The third-order valence-corrected chi connectivity index (χ3v) is 4.71. The number of carbonyl (C=O) groups excluding carboxylic acids is 1. The Bertz CT molecular complexity index is 565. The van der Waals surface area contributed by atoms with Crippen LogP contribution in [0.3, 0.4) is 0 Å². The van der Waals surface area contributed by atoms with Gasteiger partial charge in [0.25, 0.3) is 5.91 Å². The fourth-order valence-corrected chi connectivity index (χ4v) is 3.49. The average Bonchev–Trinajstić information content (AvgIpc) is 3.25. The molecule has 2 fully saturated rings. The van der Waals surface area contributed by atoms with Gasteiger partial charge < -0.3 is 9.64 Å². The molecule has 3 rings (SSSR count). The predicted octanol–water partition coefficient (Wildman–Crippen LogP) is 1.87. The molecule has 1 aliphatic heterocycles. The second-order valence-corrected chi connectivity index (χ2v) is 6.39. The SMILES string of the molecule is C#CCN(C(=O)c1cn(CC2CCCO2)nn1)C1CCCCC1. The summed E-state index contributed by atoms with van der Waals surface area (Å²) in [5, 5.41) is 8.13. The van der Waals surface area contributed by atoms with Gasteiger partial charge in [-0.3, -0.25) is 4.79 Å². The molecular formula is C17H24N4O2. The van der Waals surface area contributed by atoms with Crippen LogP contribution in [0.1, 0.15) is 55.4 Å². The molecule has 0 spiro atoms. The molecular weight excluding hydrogens is 292 g/mol. The van der Waals surface area contributed by atoms with Gasteiger partial charge >= 0.3 is 0 Å². The molecule has 124 valence electrons. The van der Waals surface area contributed by atoms with Crippen LogP contribution >= 0.6 is 0 Å². The minimum Gasteiger partial charge on any atom is -0.376 e. The quantitative estimate of drug-likeness (QED) is 0.778. The number of nitrogens with zero attached hydrogens (tertiary/aromatic N) is 4. The molecule has 6 nitrogen and oxygen atoms in total. The van der Waals surface area contributed by atoms with E-state index in [4.69, 9.17) is 11.2 Å². The number of amides is 1. The summed E-state index contributed by atoms with van der Waals surface area (Å²) in [6.07, 6.45) is 15.1. The molecule has 1 aromatic rings. The standard InChI is InChI=1S/C17H24N4O2/c1-2-10-21(14-7-4-3-5-8-14)17(22)16-13-20(19-18-16)12-15-9-6-11-23-15/h1,13-15H,3-12H2. The summed E-state index contributed by atoms with van der Waals surface area (Å²) >= 11 is 0. The van der Waals surface area contributed by atoms with Crippen LogP contribution in [-0.2, 0) is 11.3 Å². The van der Waals surface area contributed by atoms with Crippen LogP contribution in [0.15, 0.2) is 6.20 Å². The molecule has 2 heterocycles. The monoisotopic (exact) mass is 316 g/mol. The minimum atomic E-state index is -0.103. The third-order valence-electron chi connectivity index (χ3n) is 4.71. The molecule has 1 saturated carbocycles. The van der Waals surface area contributed by atoms with E-state index in [9.17, 15) is 4.79 Å². The third kappa shape index (κ3) is 3.91. The van der Waals surface area contributed by atoms with Crippen LogP contribution in [0.2, 0.25) is 0 Å². The van der Waals surface area contributed by atoms with Gasteiger partial charge in [0.1, 0.15) is 0 Å². The van der Waals surface area contributed by atoms with Crippen molar-refractivity contribution in [3.05, 3.63) is 11.9 Å². The maximum absolute atomic E-state index is 12.8. The highest BCUT2D eigenvalue weighted by atomic mass is 16.5. The van der Waals surface area contributed by atoms with E-state index in [0.29, 0.717) is 18.8 Å². The summed E-state index contributed by atoms with van der Waals surface area (Å²) < 4.78 is 7.30. The normalized spacial score (nSPS) is 22.0. The molecule has 1 unspecified atom stereocenters. The van der Waals surface area contributed by atoms with Crippen molar-refractivity contribution in [1.82, 2.24) is 19.9 Å². The van der Waals surface area contributed by atoms with Crippen molar-refractivity contribution in [2.24, 2.45) is 0 Å². The first-order chi connectivity index (χ1) is 11.3. The summed E-state index contributed by atoms with van der Waals surface area (Å²) in [6, 6.07) is 0.232. The van der Waals surface area contributed by atoms with E-state index < -0.39 is 0 Å². The highest BCUT2D eigenvalue weighted by Crippen LogP contribution is 2.23. The van der Waals surface area contributed by atoms with Gasteiger partial charge in [-0.05, 0) is 25.7 Å². The molecule has 2 aliphatic rings. The smallest absolute Gasteiger partial charge is 0.277 e. The number of aromatic nitrogens is 3. The zero-order valence-electron chi connectivity index (χ0n) is 13.5. The van der Waals surface area contributed by atoms with E-state index in [2.05, 4.69) is 16.2 Å². The lowest BCUT2D eigenvalue weighted by Crippen LogP contribution is -2.41. The molecule has 1 aliphatic carbocycles. The molecule has 0 N–H and O–H groups in total. The summed E-state index contributed by atoms with van der Waals surface area (Å²) in [5.41, 5.74) is 0.379. The lowest BCUT2D eigenvalue weighted by atomic mass is 9.94.